The minimum atomic E-state index is -2.13. The predicted octanol–water partition coefficient (Wildman–Crippen LogP) is 0.870. The van der Waals surface area contributed by atoms with Gasteiger partial charge in [0, 0.05) is 0 Å². The van der Waals surface area contributed by atoms with E-state index in [0.717, 1.165) is 0 Å². The summed E-state index contributed by atoms with van der Waals surface area (Å²) in [6, 6.07) is 0. The molecule has 0 bridgehead atoms. The summed E-state index contributed by atoms with van der Waals surface area (Å²) in [6.07, 6.45) is 0.304. The lowest BCUT2D eigenvalue weighted by Crippen LogP contribution is -2.45. The summed E-state index contributed by atoms with van der Waals surface area (Å²) in [5.41, 5.74) is -2.13. The van der Waals surface area contributed by atoms with Crippen LogP contribution in [0, 0.1) is 11.3 Å². The van der Waals surface area contributed by atoms with Gasteiger partial charge < -0.3 is 15.3 Å². The summed E-state index contributed by atoms with van der Waals surface area (Å²) in [7, 11) is 0. The van der Waals surface area contributed by atoms with E-state index in [9.17, 15) is 14.4 Å². The van der Waals surface area contributed by atoms with Crippen LogP contribution in [-0.2, 0) is 14.4 Å². The summed E-state index contributed by atoms with van der Waals surface area (Å²) in [5, 5.41) is 26.3. The Balaban J connectivity index is 0. The molecule has 6 nitrogen and oxygen atoms in total. The Morgan fingerprint density at radius 1 is 1.00 bits per heavy atom. The summed E-state index contributed by atoms with van der Waals surface area (Å²) < 4.78 is 0. The first-order chi connectivity index (χ1) is 6.43. The van der Waals surface area contributed by atoms with Crippen molar-refractivity contribution in [1.29, 1.82) is 0 Å². The molecule has 1 saturated carbocycles. The first-order valence-corrected chi connectivity index (χ1v) is 4.12. The van der Waals surface area contributed by atoms with Gasteiger partial charge in [0.25, 0.3) is 0 Å². The molecule has 94 valence electrons. The maximum atomic E-state index is 10.8. The molecule has 3 N–H and O–H groups in total. The highest BCUT2D eigenvalue weighted by molar-refractivity contribution is 6.02. The molecule has 0 spiro atoms. The number of aliphatic carboxylic acids is 3. The Hall–Kier alpha value is -1.01. The number of hydrogen-bond acceptors (Lipinski definition) is 3. The van der Waals surface area contributed by atoms with Crippen molar-refractivity contribution < 1.29 is 29.7 Å². The van der Waals surface area contributed by atoms with Crippen molar-refractivity contribution in [2.24, 2.45) is 11.3 Å². The van der Waals surface area contributed by atoms with Crippen LogP contribution in [0.25, 0.3) is 0 Å². The smallest absolute Gasteiger partial charge is 0.321 e. The average Bonchev–Trinajstić information content (AvgIpc) is 2.47. The van der Waals surface area contributed by atoms with Crippen LogP contribution in [-0.4, -0.2) is 33.2 Å². The zero-order valence-corrected chi connectivity index (χ0v) is 9.71. The number of rotatable bonds is 3. The largest absolute Gasteiger partial charge is 0.481 e. The number of hydrogen-bond donors (Lipinski definition) is 3. The first kappa shape index (κ1) is 17.4. The fraction of sp³-hybridized carbons (Fsp3) is 0.625. The molecule has 0 radical (unpaired) electrons. The number of carbonyl (C=O) groups is 3. The van der Waals surface area contributed by atoms with E-state index in [-0.39, 0.29) is 37.7 Å². The van der Waals surface area contributed by atoms with Gasteiger partial charge in [-0.3, -0.25) is 14.4 Å². The van der Waals surface area contributed by atoms with Crippen molar-refractivity contribution >= 4 is 42.7 Å². The molecule has 0 aromatic rings. The van der Waals surface area contributed by atoms with Gasteiger partial charge in [0.05, 0.1) is 5.92 Å². The maximum absolute atomic E-state index is 10.8. The molecule has 0 aromatic heterocycles. The van der Waals surface area contributed by atoms with Crippen molar-refractivity contribution in [3.63, 3.8) is 0 Å². The van der Waals surface area contributed by atoms with Gasteiger partial charge >= 0.3 is 17.9 Å². The second-order valence-corrected chi connectivity index (χ2v) is 3.36. The topological polar surface area (TPSA) is 112 Å². The van der Waals surface area contributed by atoms with Crippen molar-refractivity contribution in [2.45, 2.75) is 19.3 Å². The Morgan fingerprint density at radius 3 is 1.69 bits per heavy atom. The molecule has 0 heterocycles. The van der Waals surface area contributed by atoms with E-state index in [1.165, 1.54) is 0 Å². The molecule has 1 aliphatic rings. The molecule has 1 aliphatic carbocycles. The zero-order chi connectivity index (χ0) is 10.9. The van der Waals surface area contributed by atoms with Gasteiger partial charge in [-0.05, 0) is 12.8 Å². The number of carboxylic acid groups (broad SMARTS) is 3. The van der Waals surface area contributed by atoms with E-state index in [4.69, 9.17) is 15.3 Å². The third kappa shape index (κ3) is 2.38. The Morgan fingerprint density at radius 2 is 1.44 bits per heavy atom. The average molecular weight is 275 g/mol. The maximum Gasteiger partial charge on any atom is 0.321 e. The second kappa shape index (κ2) is 5.91. The molecule has 1 fully saturated rings. The van der Waals surface area contributed by atoms with E-state index in [1.807, 2.05) is 0 Å². The highest BCUT2D eigenvalue weighted by Gasteiger charge is 2.58. The summed E-state index contributed by atoms with van der Waals surface area (Å²) >= 11 is 0. The zero-order valence-electron chi connectivity index (χ0n) is 8.08. The lowest BCUT2D eigenvalue weighted by Gasteiger charge is -2.23. The van der Waals surface area contributed by atoms with Gasteiger partial charge in [0.15, 0.2) is 5.41 Å². The molecular weight excluding hydrogens is 263 g/mol. The monoisotopic (exact) mass is 274 g/mol. The van der Waals surface area contributed by atoms with E-state index < -0.39 is 29.2 Å². The number of carboxylic acids is 3. The minimum Gasteiger partial charge on any atom is -0.481 e. The molecule has 8 heteroatoms. The van der Waals surface area contributed by atoms with Crippen molar-refractivity contribution in [3.8, 4) is 0 Å². The van der Waals surface area contributed by atoms with Gasteiger partial charge in [-0.2, -0.15) is 0 Å². The minimum absolute atomic E-state index is 0. The second-order valence-electron chi connectivity index (χ2n) is 3.36. The third-order valence-electron chi connectivity index (χ3n) is 2.72. The van der Waals surface area contributed by atoms with Crippen LogP contribution >= 0.6 is 24.8 Å². The summed E-state index contributed by atoms with van der Waals surface area (Å²) in [6.45, 7) is 0. The van der Waals surface area contributed by atoms with Crippen molar-refractivity contribution in [1.82, 2.24) is 0 Å². The van der Waals surface area contributed by atoms with Gasteiger partial charge in [-0.15, -0.1) is 24.8 Å². The lowest BCUT2D eigenvalue weighted by atomic mass is 9.78. The first-order valence-electron chi connectivity index (χ1n) is 4.12. The van der Waals surface area contributed by atoms with Crippen LogP contribution in [0.1, 0.15) is 19.3 Å². The molecule has 1 atom stereocenters. The van der Waals surface area contributed by atoms with Crippen LogP contribution in [0.2, 0.25) is 0 Å². The van der Waals surface area contributed by atoms with Crippen LogP contribution < -0.4 is 0 Å². The van der Waals surface area contributed by atoms with Crippen molar-refractivity contribution in [3.05, 3.63) is 0 Å². The fourth-order valence-electron chi connectivity index (χ4n) is 1.94. The van der Waals surface area contributed by atoms with Crippen LogP contribution in [0.5, 0.6) is 0 Å². The van der Waals surface area contributed by atoms with Crippen LogP contribution in [0.4, 0.5) is 0 Å². The SMILES string of the molecule is Cl.Cl.O=C(O)C1CCCC1(C(=O)O)C(=O)O. The van der Waals surface area contributed by atoms with E-state index in [2.05, 4.69) is 0 Å². The van der Waals surface area contributed by atoms with E-state index in [0.29, 0.717) is 6.42 Å². The van der Waals surface area contributed by atoms with Crippen LogP contribution in [0.15, 0.2) is 0 Å². The molecule has 1 unspecified atom stereocenters. The van der Waals surface area contributed by atoms with Gasteiger partial charge in [0.2, 0.25) is 0 Å². The molecule has 0 aromatic carbocycles. The highest BCUT2D eigenvalue weighted by Crippen LogP contribution is 2.44. The predicted molar refractivity (Wildman–Crippen MR) is 57.2 cm³/mol. The quantitative estimate of drug-likeness (QED) is 0.659. The summed E-state index contributed by atoms with van der Waals surface area (Å²) in [4.78, 5) is 32.4. The normalized spacial score (nSPS) is 21.4. The van der Waals surface area contributed by atoms with Gasteiger partial charge in [-0.25, -0.2) is 0 Å². The summed E-state index contributed by atoms with van der Waals surface area (Å²) in [5.74, 6) is -5.80. The molecule has 0 saturated heterocycles. The van der Waals surface area contributed by atoms with Crippen molar-refractivity contribution in [2.75, 3.05) is 0 Å². The number of halogens is 2. The fourth-order valence-corrected chi connectivity index (χ4v) is 1.94. The Bertz CT molecular complexity index is 289. The standard InChI is InChI=1S/C8H10O6.2ClH/c9-5(10)4-2-1-3-8(4,6(11)12)7(13)14;;/h4H,1-3H2,(H,9,10)(H,11,12)(H,13,14);2*1H. The van der Waals surface area contributed by atoms with Gasteiger partial charge in [-0.1, -0.05) is 6.42 Å². The van der Waals surface area contributed by atoms with E-state index in [1.54, 1.807) is 0 Å². The lowest BCUT2D eigenvalue weighted by molar-refractivity contribution is -0.173. The third-order valence-corrected chi connectivity index (χ3v) is 2.72. The molecule has 1 rings (SSSR count). The Labute approximate surface area is 103 Å². The molecular formula is C8H12Cl2O6. The molecule has 16 heavy (non-hydrogen) atoms. The van der Waals surface area contributed by atoms with Gasteiger partial charge in [0.1, 0.15) is 0 Å². The van der Waals surface area contributed by atoms with E-state index >= 15 is 0 Å². The molecule has 0 aliphatic heterocycles. The Kier molecular flexibility index (Phi) is 6.42. The highest BCUT2D eigenvalue weighted by atomic mass is 35.5. The van der Waals surface area contributed by atoms with Crippen LogP contribution in [0.3, 0.4) is 0 Å². The molecule has 0 amide bonds.